The van der Waals surface area contributed by atoms with Gasteiger partial charge in [-0.1, -0.05) is 0 Å². The highest BCUT2D eigenvalue weighted by Gasteiger charge is 2.43. The van der Waals surface area contributed by atoms with E-state index in [9.17, 15) is 5.11 Å². The number of aromatic nitrogens is 2. The molecule has 1 saturated heterocycles. The van der Waals surface area contributed by atoms with Gasteiger partial charge in [-0.05, 0) is 56.7 Å². The largest absolute Gasteiger partial charge is 0.488 e. The molecule has 148 valence electrons. The van der Waals surface area contributed by atoms with Crippen LogP contribution in [0.2, 0.25) is 0 Å². The van der Waals surface area contributed by atoms with Crippen molar-refractivity contribution >= 4 is 5.95 Å². The second kappa shape index (κ2) is 6.81. The van der Waals surface area contributed by atoms with Crippen LogP contribution in [0.1, 0.15) is 24.2 Å². The lowest BCUT2D eigenvalue weighted by Gasteiger charge is -2.35. The quantitative estimate of drug-likeness (QED) is 0.872. The lowest BCUT2D eigenvalue weighted by molar-refractivity contribution is -0.0232. The summed E-state index contributed by atoms with van der Waals surface area (Å²) in [6, 6.07) is 7.55. The van der Waals surface area contributed by atoms with Crippen LogP contribution in [-0.4, -0.2) is 47.2 Å². The van der Waals surface area contributed by atoms with Crippen molar-refractivity contribution < 1.29 is 19.3 Å². The Labute approximate surface area is 164 Å². The standard InChI is InChI=1S/C21H25N3O4/c1-12-5-13(2)23-21(22-12)24-9-14-6-17(25)19(7-15(14)10-24)28-16-3-4-18-20(8-16)27-11-26-18/h3-5,8,14-15,17,19,25H,6-7,9-11H2,1-2H3/t14-,15+,17+,19+/m0/s1. The Bertz CT molecular complexity index is 870. The Morgan fingerprint density at radius 1 is 1.00 bits per heavy atom. The van der Waals surface area contributed by atoms with Gasteiger partial charge in [0, 0.05) is 30.5 Å². The molecule has 28 heavy (non-hydrogen) atoms. The monoisotopic (exact) mass is 383 g/mol. The van der Waals surface area contributed by atoms with Gasteiger partial charge in [0.15, 0.2) is 11.5 Å². The van der Waals surface area contributed by atoms with E-state index in [1.807, 2.05) is 38.1 Å². The number of aliphatic hydroxyl groups is 1. The maximum atomic E-state index is 10.7. The van der Waals surface area contributed by atoms with E-state index < -0.39 is 6.10 Å². The predicted octanol–water partition coefficient (Wildman–Crippen LogP) is 2.48. The van der Waals surface area contributed by atoms with Gasteiger partial charge in [0.2, 0.25) is 12.7 Å². The second-order valence-electron chi connectivity index (χ2n) is 8.09. The molecule has 1 aliphatic carbocycles. The second-order valence-corrected chi connectivity index (χ2v) is 8.09. The van der Waals surface area contributed by atoms with Crippen molar-refractivity contribution in [2.75, 3.05) is 24.8 Å². The smallest absolute Gasteiger partial charge is 0.231 e. The highest BCUT2D eigenvalue weighted by atomic mass is 16.7. The summed E-state index contributed by atoms with van der Waals surface area (Å²) in [5.41, 5.74) is 1.97. The number of rotatable bonds is 3. The lowest BCUT2D eigenvalue weighted by Crippen LogP contribution is -2.42. The van der Waals surface area contributed by atoms with Crippen LogP contribution >= 0.6 is 0 Å². The molecule has 1 aromatic carbocycles. The first kappa shape index (κ1) is 17.6. The van der Waals surface area contributed by atoms with Crippen LogP contribution in [0.15, 0.2) is 24.3 Å². The van der Waals surface area contributed by atoms with Gasteiger partial charge in [0.1, 0.15) is 11.9 Å². The van der Waals surface area contributed by atoms with E-state index in [1.54, 1.807) is 0 Å². The zero-order valence-corrected chi connectivity index (χ0v) is 16.2. The van der Waals surface area contributed by atoms with Crippen molar-refractivity contribution in [1.29, 1.82) is 0 Å². The van der Waals surface area contributed by atoms with Gasteiger partial charge in [-0.25, -0.2) is 9.97 Å². The first-order valence-corrected chi connectivity index (χ1v) is 9.87. The average Bonchev–Trinajstić information content (AvgIpc) is 3.27. The van der Waals surface area contributed by atoms with Crippen molar-refractivity contribution in [2.24, 2.45) is 11.8 Å². The lowest BCUT2D eigenvalue weighted by atomic mass is 9.78. The molecule has 2 aliphatic heterocycles. The zero-order valence-electron chi connectivity index (χ0n) is 16.2. The average molecular weight is 383 g/mol. The van der Waals surface area contributed by atoms with E-state index in [0.29, 0.717) is 23.3 Å². The molecule has 1 N–H and O–H groups in total. The fraction of sp³-hybridized carbons (Fsp3) is 0.524. The van der Waals surface area contributed by atoms with Crippen molar-refractivity contribution in [2.45, 2.75) is 38.9 Å². The first-order chi connectivity index (χ1) is 13.5. The summed E-state index contributed by atoms with van der Waals surface area (Å²) in [4.78, 5) is 11.5. The fourth-order valence-electron chi connectivity index (χ4n) is 4.65. The Hall–Kier alpha value is -2.54. The molecule has 0 spiro atoms. The number of nitrogens with zero attached hydrogens (tertiary/aromatic N) is 3. The summed E-state index contributed by atoms with van der Waals surface area (Å²) in [6.45, 7) is 6.04. The third kappa shape index (κ3) is 3.24. The van der Waals surface area contributed by atoms with E-state index >= 15 is 0 Å². The summed E-state index contributed by atoms with van der Waals surface area (Å²) in [6.07, 6.45) is 0.858. The Balaban J connectivity index is 1.28. The minimum absolute atomic E-state index is 0.221. The summed E-state index contributed by atoms with van der Waals surface area (Å²) in [7, 11) is 0. The highest BCUT2D eigenvalue weighted by Crippen LogP contribution is 2.40. The predicted molar refractivity (Wildman–Crippen MR) is 103 cm³/mol. The van der Waals surface area contributed by atoms with E-state index in [-0.39, 0.29) is 12.9 Å². The number of hydrogen-bond acceptors (Lipinski definition) is 7. The van der Waals surface area contributed by atoms with Gasteiger partial charge in [-0.3, -0.25) is 0 Å². The first-order valence-electron chi connectivity index (χ1n) is 9.87. The van der Waals surface area contributed by atoms with Crippen LogP contribution in [0.3, 0.4) is 0 Å². The van der Waals surface area contributed by atoms with E-state index in [0.717, 1.165) is 49.0 Å². The number of benzene rings is 1. The van der Waals surface area contributed by atoms with E-state index in [4.69, 9.17) is 14.2 Å². The maximum absolute atomic E-state index is 10.7. The van der Waals surface area contributed by atoms with Crippen LogP contribution in [-0.2, 0) is 0 Å². The molecule has 0 radical (unpaired) electrons. The molecule has 2 aromatic rings. The van der Waals surface area contributed by atoms with Crippen molar-refractivity contribution in [3.63, 3.8) is 0 Å². The number of aryl methyl sites for hydroxylation is 2. The topological polar surface area (TPSA) is 76.9 Å². The molecule has 3 aliphatic rings. The van der Waals surface area contributed by atoms with Gasteiger partial charge in [-0.15, -0.1) is 0 Å². The van der Waals surface area contributed by atoms with Crippen LogP contribution in [0, 0.1) is 25.7 Å². The third-order valence-corrected chi connectivity index (χ3v) is 5.97. The number of ether oxygens (including phenoxy) is 3. The molecule has 7 nitrogen and oxygen atoms in total. The van der Waals surface area contributed by atoms with Crippen LogP contribution < -0.4 is 19.1 Å². The van der Waals surface area contributed by atoms with Crippen LogP contribution in [0.25, 0.3) is 0 Å². The van der Waals surface area contributed by atoms with Gasteiger partial charge in [-0.2, -0.15) is 0 Å². The zero-order chi connectivity index (χ0) is 19.3. The molecule has 7 heteroatoms. The normalized spacial score (nSPS) is 28.3. The van der Waals surface area contributed by atoms with E-state index in [2.05, 4.69) is 14.9 Å². The van der Waals surface area contributed by atoms with Gasteiger partial charge >= 0.3 is 0 Å². The highest BCUT2D eigenvalue weighted by molar-refractivity contribution is 5.47. The summed E-state index contributed by atoms with van der Waals surface area (Å²) < 4.78 is 16.9. The third-order valence-electron chi connectivity index (χ3n) is 5.97. The van der Waals surface area contributed by atoms with Gasteiger partial charge in [0.05, 0.1) is 6.10 Å². The molecular weight excluding hydrogens is 358 g/mol. The molecule has 4 atom stereocenters. The number of fused-ring (bicyclic) bond motifs is 2. The van der Waals surface area contributed by atoms with Crippen molar-refractivity contribution in [1.82, 2.24) is 9.97 Å². The SMILES string of the molecule is Cc1cc(C)nc(N2C[C@H]3C[C@@H](Oc4ccc5c(c4)OCO5)[C@H](O)C[C@H]3C2)n1. The minimum atomic E-state index is -0.480. The Morgan fingerprint density at radius 2 is 1.71 bits per heavy atom. The molecule has 3 heterocycles. The van der Waals surface area contributed by atoms with E-state index in [1.165, 1.54) is 0 Å². The summed E-state index contributed by atoms with van der Waals surface area (Å²) in [5, 5.41) is 10.7. The molecule has 1 saturated carbocycles. The Morgan fingerprint density at radius 3 is 2.50 bits per heavy atom. The van der Waals surface area contributed by atoms with Crippen molar-refractivity contribution in [3.8, 4) is 17.2 Å². The molecule has 5 rings (SSSR count). The minimum Gasteiger partial charge on any atom is -0.488 e. The maximum Gasteiger partial charge on any atom is 0.231 e. The van der Waals surface area contributed by atoms with Crippen LogP contribution in [0.4, 0.5) is 5.95 Å². The molecule has 1 aromatic heterocycles. The summed E-state index contributed by atoms with van der Waals surface area (Å²) >= 11 is 0. The number of hydrogen-bond donors (Lipinski definition) is 1. The molecule has 0 amide bonds. The van der Waals surface area contributed by atoms with Gasteiger partial charge < -0.3 is 24.2 Å². The molecular formula is C21H25N3O4. The molecule has 0 unspecified atom stereocenters. The van der Waals surface area contributed by atoms with Crippen molar-refractivity contribution in [3.05, 3.63) is 35.7 Å². The number of aliphatic hydroxyl groups excluding tert-OH is 1. The van der Waals surface area contributed by atoms with Crippen LogP contribution in [0.5, 0.6) is 17.2 Å². The van der Waals surface area contributed by atoms with Gasteiger partial charge in [0.25, 0.3) is 0 Å². The Kier molecular flexibility index (Phi) is 4.27. The number of anilines is 1. The fourth-order valence-corrected chi connectivity index (χ4v) is 4.65. The molecule has 2 fully saturated rings. The molecule has 0 bridgehead atoms. The summed E-state index contributed by atoms with van der Waals surface area (Å²) in [5.74, 6) is 3.84.